The summed E-state index contributed by atoms with van der Waals surface area (Å²) in [5.41, 5.74) is 0. The van der Waals surface area contributed by atoms with Gasteiger partial charge in [0.15, 0.2) is 0 Å². The van der Waals surface area contributed by atoms with E-state index in [0.29, 0.717) is 12.8 Å². The normalized spacial score (nSPS) is 10.8. The Bertz CT molecular complexity index is 332. The molecule has 0 saturated carbocycles. The summed E-state index contributed by atoms with van der Waals surface area (Å²) in [6, 6.07) is 0. The topological polar surface area (TPSA) is 52.6 Å². The minimum absolute atomic E-state index is 0.0144. The second-order valence-corrected chi connectivity index (χ2v) is 3.40. The first-order valence-corrected chi connectivity index (χ1v) is 5.31. The SMILES string of the molecule is C#CCCOC(=O)CC(C)C(=O)OCCC#C. The highest BCUT2D eigenvalue weighted by atomic mass is 16.5. The number of hydrogen-bond donors (Lipinski definition) is 0. The summed E-state index contributed by atoms with van der Waals surface area (Å²) in [5.74, 6) is 3.25. The molecule has 0 heterocycles. The zero-order valence-corrected chi connectivity index (χ0v) is 9.90. The summed E-state index contributed by atoms with van der Waals surface area (Å²) in [7, 11) is 0. The van der Waals surface area contributed by atoms with Gasteiger partial charge < -0.3 is 9.47 Å². The van der Waals surface area contributed by atoms with Crippen LogP contribution in [0.2, 0.25) is 0 Å². The van der Waals surface area contributed by atoms with Gasteiger partial charge in [0.1, 0.15) is 13.2 Å². The molecule has 0 N–H and O–H groups in total. The van der Waals surface area contributed by atoms with Crippen LogP contribution in [0.4, 0.5) is 0 Å². The molecule has 4 nitrogen and oxygen atoms in total. The van der Waals surface area contributed by atoms with E-state index in [1.165, 1.54) is 0 Å². The highest BCUT2D eigenvalue weighted by molar-refractivity contribution is 5.79. The molecule has 4 heteroatoms. The highest BCUT2D eigenvalue weighted by Gasteiger charge is 2.18. The van der Waals surface area contributed by atoms with Crippen molar-refractivity contribution in [1.29, 1.82) is 0 Å². The van der Waals surface area contributed by atoms with Gasteiger partial charge in [-0.25, -0.2) is 0 Å². The van der Waals surface area contributed by atoms with Crippen LogP contribution in [0.1, 0.15) is 26.2 Å². The number of carbonyl (C=O) groups excluding carboxylic acids is 2. The van der Waals surface area contributed by atoms with E-state index < -0.39 is 17.9 Å². The monoisotopic (exact) mass is 236 g/mol. The van der Waals surface area contributed by atoms with Crippen molar-refractivity contribution in [3.8, 4) is 24.7 Å². The first-order chi connectivity index (χ1) is 8.11. The lowest BCUT2D eigenvalue weighted by atomic mass is 10.1. The number of ether oxygens (including phenoxy) is 2. The van der Waals surface area contributed by atoms with Crippen LogP contribution in [0.25, 0.3) is 0 Å². The van der Waals surface area contributed by atoms with Gasteiger partial charge in [0.2, 0.25) is 0 Å². The number of carbonyl (C=O) groups is 2. The predicted molar refractivity (Wildman–Crippen MR) is 62.6 cm³/mol. The molecule has 1 unspecified atom stereocenters. The average Bonchev–Trinajstić information content (AvgIpc) is 2.29. The largest absolute Gasteiger partial charge is 0.465 e. The molecule has 92 valence electrons. The Morgan fingerprint density at radius 3 is 2.18 bits per heavy atom. The lowest BCUT2D eigenvalue weighted by Gasteiger charge is -2.10. The summed E-state index contributed by atoms with van der Waals surface area (Å²) in [6.07, 6.45) is 10.7. The summed E-state index contributed by atoms with van der Waals surface area (Å²) in [5, 5.41) is 0. The molecule has 0 rings (SSSR count). The van der Waals surface area contributed by atoms with E-state index in [4.69, 9.17) is 22.3 Å². The third kappa shape index (κ3) is 7.93. The van der Waals surface area contributed by atoms with E-state index in [0.717, 1.165) is 0 Å². The van der Waals surface area contributed by atoms with E-state index in [2.05, 4.69) is 11.8 Å². The zero-order valence-electron chi connectivity index (χ0n) is 9.90. The van der Waals surface area contributed by atoms with Crippen LogP contribution >= 0.6 is 0 Å². The first kappa shape index (κ1) is 15.1. The Morgan fingerprint density at radius 1 is 1.12 bits per heavy atom. The lowest BCUT2D eigenvalue weighted by molar-refractivity contribution is -0.154. The summed E-state index contributed by atoms with van der Waals surface area (Å²) < 4.78 is 9.66. The molecule has 0 fully saturated rings. The zero-order chi connectivity index (χ0) is 13.1. The van der Waals surface area contributed by atoms with Crippen molar-refractivity contribution in [3.63, 3.8) is 0 Å². The predicted octanol–water partition coefficient (Wildman–Crippen LogP) is 1.15. The summed E-state index contributed by atoms with van der Waals surface area (Å²) in [6.45, 7) is 1.95. The molecule has 0 radical (unpaired) electrons. The molecular formula is C13H16O4. The van der Waals surface area contributed by atoms with Crippen molar-refractivity contribution in [2.75, 3.05) is 13.2 Å². The van der Waals surface area contributed by atoms with E-state index in [1.807, 2.05) is 0 Å². The smallest absolute Gasteiger partial charge is 0.309 e. The Labute approximate surface area is 102 Å². The molecule has 0 aliphatic heterocycles. The molecule has 0 aliphatic carbocycles. The maximum absolute atomic E-state index is 11.4. The third-order valence-electron chi connectivity index (χ3n) is 1.88. The summed E-state index contributed by atoms with van der Waals surface area (Å²) >= 11 is 0. The van der Waals surface area contributed by atoms with Crippen LogP contribution in [0.5, 0.6) is 0 Å². The molecule has 0 saturated heterocycles. The Balaban J connectivity index is 3.80. The van der Waals surface area contributed by atoms with Crippen LogP contribution in [0.3, 0.4) is 0 Å². The van der Waals surface area contributed by atoms with Gasteiger partial charge in [-0.05, 0) is 0 Å². The minimum atomic E-state index is -0.536. The first-order valence-electron chi connectivity index (χ1n) is 5.31. The maximum Gasteiger partial charge on any atom is 0.309 e. The van der Waals surface area contributed by atoms with E-state index >= 15 is 0 Å². The van der Waals surface area contributed by atoms with Crippen molar-refractivity contribution < 1.29 is 19.1 Å². The van der Waals surface area contributed by atoms with Gasteiger partial charge in [-0.15, -0.1) is 24.7 Å². The van der Waals surface area contributed by atoms with Gasteiger partial charge in [0.25, 0.3) is 0 Å². The van der Waals surface area contributed by atoms with E-state index in [9.17, 15) is 9.59 Å². The van der Waals surface area contributed by atoms with Crippen LogP contribution in [-0.4, -0.2) is 25.2 Å². The molecule has 0 bridgehead atoms. The third-order valence-corrected chi connectivity index (χ3v) is 1.88. The molecule has 0 aromatic carbocycles. The lowest BCUT2D eigenvalue weighted by Crippen LogP contribution is -2.20. The quantitative estimate of drug-likeness (QED) is 0.378. The van der Waals surface area contributed by atoms with Gasteiger partial charge in [-0.2, -0.15) is 0 Å². The van der Waals surface area contributed by atoms with Crippen molar-refractivity contribution in [3.05, 3.63) is 0 Å². The Hall–Kier alpha value is -1.94. The second kappa shape index (κ2) is 9.30. The highest BCUT2D eigenvalue weighted by Crippen LogP contribution is 2.06. The molecule has 0 aliphatic rings. The Kier molecular flexibility index (Phi) is 8.24. The van der Waals surface area contributed by atoms with Crippen molar-refractivity contribution >= 4 is 11.9 Å². The molecule has 0 aromatic rings. The van der Waals surface area contributed by atoms with Gasteiger partial charge in [-0.1, -0.05) is 6.92 Å². The second-order valence-electron chi connectivity index (χ2n) is 3.40. The fourth-order valence-corrected chi connectivity index (χ4v) is 0.969. The molecule has 0 amide bonds. The van der Waals surface area contributed by atoms with Crippen LogP contribution in [-0.2, 0) is 19.1 Å². The standard InChI is InChI=1S/C13H16O4/c1-4-6-8-16-12(14)10-11(3)13(15)17-9-7-5-2/h1-2,11H,6-10H2,3H3. The average molecular weight is 236 g/mol. The van der Waals surface area contributed by atoms with Gasteiger partial charge in [0.05, 0.1) is 12.3 Å². The minimum Gasteiger partial charge on any atom is -0.465 e. The van der Waals surface area contributed by atoms with Gasteiger partial charge in [-0.3, -0.25) is 9.59 Å². The van der Waals surface area contributed by atoms with Crippen molar-refractivity contribution in [2.24, 2.45) is 5.92 Å². The maximum atomic E-state index is 11.4. The van der Waals surface area contributed by atoms with Crippen LogP contribution in [0, 0.1) is 30.6 Å². The van der Waals surface area contributed by atoms with Gasteiger partial charge in [0, 0.05) is 12.8 Å². The molecule has 0 spiro atoms. The number of rotatable bonds is 7. The molecular weight excluding hydrogens is 220 g/mol. The fraction of sp³-hybridized carbons (Fsp3) is 0.538. The molecule has 1 atom stereocenters. The van der Waals surface area contributed by atoms with Gasteiger partial charge >= 0.3 is 11.9 Å². The number of terminal acetylenes is 2. The van der Waals surface area contributed by atoms with Crippen molar-refractivity contribution in [1.82, 2.24) is 0 Å². The molecule has 17 heavy (non-hydrogen) atoms. The van der Waals surface area contributed by atoms with Crippen LogP contribution in [0.15, 0.2) is 0 Å². The van der Waals surface area contributed by atoms with Crippen LogP contribution < -0.4 is 0 Å². The fourth-order valence-electron chi connectivity index (χ4n) is 0.969. The number of hydrogen-bond acceptors (Lipinski definition) is 4. The van der Waals surface area contributed by atoms with E-state index in [-0.39, 0.29) is 19.6 Å². The molecule has 0 aromatic heterocycles. The number of esters is 2. The van der Waals surface area contributed by atoms with E-state index in [1.54, 1.807) is 6.92 Å². The van der Waals surface area contributed by atoms with Crippen molar-refractivity contribution in [2.45, 2.75) is 26.2 Å². The Morgan fingerprint density at radius 2 is 1.65 bits per heavy atom. The summed E-state index contributed by atoms with van der Waals surface area (Å²) in [4.78, 5) is 22.6.